The second-order valence-electron chi connectivity index (χ2n) is 8.32. The molecule has 26 heavy (non-hydrogen) atoms. The third-order valence-corrected chi connectivity index (χ3v) is 5.35. The summed E-state index contributed by atoms with van der Waals surface area (Å²) in [5.41, 5.74) is 7.76. The van der Waals surface area contributed by atoms with Crippen molar-refractivity contribution >= 4 is 11.8 Å². The lowest BCUT2D eigenvalue weighted by Crippen LogP contribution is -2.54. The van der Waals surface area contributed by atoms with Crippen LogP contribution < -0.4 is 16.4 Å². The van der Waals surface area contributed by atoms with Crippen LogP contribution in [0.5, 0.6) is 0 Å². The molecule has 1 aromatic carbocycles. The number of amides is 2. The molecular formula is C20H30N4O2. The quantitative estimate of drug-likeness (QED) is 0.714. The van der Waals surface area contributed by atoms with Gasteiger partial charge in [-0.05, 0) is 42.4 Å². The van der Waals surface area contributed by atoms with E-state index in [2.05, 4.69) is 29.4 Å². The number of nitrogens with zero attached hydrogens (tertiary/aromatic N) is 1. The molecule has 1 atom stereocenters. The van der Waals surface area contributed by atoms with E-state index in [4.69, 9.17) is 5.73 Å². The maximum atomic E-state index is 12.3. The molecule has 0 aromatic heterocycles. The van der Waals surface area contributed by atoms with E-state index < -0.39 is 0 Å². The Kier molecular flexibility index (Phi) is 5.63. The SMILES string of the molecule is CC1(C)CN(CC(=O)NCc2cccc(C(=O)NC3CC3)c2)CCC1N. The van der Waals surface area contributed by atoms with Crippen molar-refractivity contribution in [3.63, 3.8) is 0 Å². The number of benzene rings is 1. The van der Waals surface area contributed by atoms with E-state index in [1.54, 1.807) is 0 Å². The zero-order valence-corrected chi connectivity index (χ0v) is 15.8. The van der Waals surface area contributed by atoms with Crippen molar-refractivity contribution in [3.05, 3.63) is 35.4 Å². The molecule has 1 aliphatic heterocycles. The molecule has 6 heteroatoms. The molecule has 142 valence electrons. The van der Waals surface area contributed by atoms with Gasteiger partial charge in [0.05, 0.1) is 6.54 Å². The first-order valence-corrected chi connectivity index (χ1v) is 9.48. The number of piperidine rings is 1. The Balaban J connectivity index is 1.47. The van der Waals surface area contributed by atoms with Gasteiger partial charge in [0.1, 0.15) is 0 Å². The van der Waals surface area contributed by atoms with Crippen molar-refractivity contribution in [2.75, 3.05) is 19.6 Å². The lowest BCUT2D eigenvalue weighted by atomic mass is 9.80. The first-order valence-electron chi connectivity index (χ1n) is 9.48. The van der Waals surface area contributed by atoms with Gasteiger partial charge in [0, 0.05) is 37.3 Å². The standard InChI is InChI=1S/C20H30N4O2/c1-20(2)13-24(9-8-17(20)21)12-18(25)22-11-14-4-3-5-15(10-14)19(26)23-16-6-7-16/h3-5,10,16-17H,6-9,11-13,21H2,1-2H3,(H,22,25)(H,23,26). The van der Waals surface area contributed by atoms with E-state index in [0.717, 1.165) is 37.9 Å². The lowest BCUT2D eigenvalue weighted by molar-refractivity contribution is -0.123. The fraction of sp³-hybridized carbons (Fsp3) is 0.600. The molecule has 2 fully saturated rings. The van der Waals surface area contributed by atoms with E-state index in [9.17, 15) is 9.59 Å². The molecule has 1 aromatic rings. The Morgan fingerprint density at radius 3 is 2.73 bits per heavy atom. The van der Waals surface area contributed by atoms with Crippen LogP contribution in [0.4, 0.5) is 0 Å². The molecule has 6 nitrogen and oxygen atoms in total. The highest BCUT2D eigenvalue weighted by Gasteiger charge is 2.33. The molecule has 1 heterocycles. The van der Waals surface area contributed by atoms with Crippen LogP contribution in [0.1, 0.15) is 49.0 Å². The van der Waals surface area contributed by atoms with Crippen LogP contribution in [0.2, 0.25) is 0 Å². The van der Waals surface area contributed by atoms with Crippen molar-refractivity contribution < 1.29 is 9.59 Å². The van der Waals surface area contributed by atoms with Crippen molar-refractivity contribution in [2.45, 2.75) is 51.7 Å². The molecular weight excluding hydrogens is 328 g/mol. The number of likely N-dealkylation sites (tertiary alicyclic amines) is 1. The highest BCUT2D eigenvalue weighted by atomic mass is 16.2. The number of nitrogens with two attached hydrogens (primary N) is 1. The predicted molar refractivity (Wildman–Crippen MR) is 102 cm³/mol. The van der Waals surface area contributed by atoms with E-state index in [0.29, 0.717) is 24.7 Å². The maximum absolute atomic E-state index is 12.3. The van der Waals surface area contributed by atoms with Gasteiger partial charge in [-0.1, -0.05) is 26.0 Å². The predicted octanol–water partition coefficient (Wildman–Crippen LogP) is 1.25. The zero-order chi connectivity index (χ0) is 18.7. The minimum absolute atomic E-state index is 0.00380. The topological polar surface area (TPSA) is 87.5 Å². The number of carbonyl (C=O) groups excluding carboxylic acids is 2. The third kappa shape index (κ3) is 5.05. The van der Waals surface area contributed by atoms with Crippen LogP contribution in [0, 0.1) is 5.41 Å². The monoisotopic (exact) mass is 358 g/mol. The Morgan fingerprint density at radius 1 is 1.27 bits per heavy atom. The second-order valence-corrected chi connectivity index (χ2v) is 8.32. The van der Waals surface area contributed by atoms with E-state index in [1.807, 2.05) is 24.3 Å². The molecule has 1 saturated heterocycles. The number of hydrogen-bond acceptors (Lipinski definition) is 4. The molecule has 3 rings (SSSR count). The van der Waals surface area contributed by atoms with Gasteiger partial charge in [-0.25, -0.2) is 0 Å². The lowest BCUT2D eigenvalue weighted by Gasteiger charge is -2.42. The van der Waals surface area contributed by atoms with Gasteiger partial charge in [0.15, 0.2) is 0 Å². The Morgan fingerprint density at radius 2 is 2.04 bits per heavy atom. The van der Waals surface area contributed by atoms with Crippen molar-refractivity contribution in [1.82, 2.24) is 15.5 Å². The number of hydrogen-bond donors (Lipinski definition) is 3. The van der Waals surface area contributed by atoms with Crippen molar-refractivity contribution in [2.24, 2.45) is 11.1 Å². The number of rotatable bonds is 6. The molecule has 4 N–H and O–H groups in total. The molecule has 1 unspecified atom stereocenters. The summed E-state index contributed by atoms with van der Waals surface area (Å²) < 4.78 is 0. The van der Waals surface area contributed by atoms with Crippen LogP contribution in [-0.4, -0.2) is 48.4 Å². The van der Waals surface area contributed by atoms with Gasteiger partial charge in [-0.3, -0.25) is 14.5 Å². The zero-order valence-electron chi connectivity index (χ0n) is 15.8. The van der Waals surface area contributed by atoms with Gasteiger partial charge in [-0.2, -0.15) is 0 Å². The Hall–Kier alpha value is -1.92. The average molecular weight is 358 g/mol. The summed E-state index contributed by atoms with van der Waals surface area (Å²) in [7, 11) is 0. The van der Waals surface area contributed by atoms with Gasteiger partial charge in [-0.15, -0.1) is 0 Å². The normalized spacial score (nSPS) is 22.7. The third-order valence-electron chi connectivity index (χ3n) is 5.35. The smallest absolute Gasteiger partial charge is 0.251 e. The van der Waals surface area contributed by atoms with Crippen LogP contribution >= 0.6 is 0 Å². The highest BCUT2D eigenvalue weighted by Crippen LogP contribution is 2.27. The number of carbonyl (C=O) groups is 2. The molecule has 0 radical (unpaired) electrons. The molecule has 2 aliphatic rings. The fourth-order valence-electron chi connectivity index (χ4n) is 3.40. The minimum atomic E-state index is -0.0347. The summed E-state index contributed by atoms with van der Waals surface area (Å²) in [6.45, 7) is 6.81. The first kappa shape index (κ1) is 18.9. The van der Waals surface area contributed by atoms with E-state index in [1.165, 1.54) is 0 Å². The number of nitrogens with one attached hydrogen (secondary N) is 2. The summed E-state index contributed by atoms with van der Waals surface area (Å²) in [5.74, 6) is -0.0309. The summed E-state index contributed by atoms with van der Waals surface area (Å²) in [4.78, 5) is 26.6. The van der Waals surface area contributed by atoms with E-state index >= 15 is 0 Å². The molecule has 0 bridgehead atoms. The molecule has 1 saturated carbocycles. The van der Waals surface area contributed by atoms with Crippen LogP contribution in [0.15, 0.2) is 24.3 Å². The second kappa shape index (κ2) is 7.76. The molecule has 0 spiro atoms. The van der Waals surface area contributed by atoms with Gasteiger partial charge >= 0.3 is 0 Å². The van der Waals surface area contributed by atoms with E-state index in [-0.39, 0.29) is 23.3 Å². The van der Waals surface area contributed by atoms with Crippen LogP contribution in [-0.2, 0) is 11.3 Å². The highest BCUT2D eigenvalue weighted by molar-refractivity contribution is 5.94. The maximum Gasteiger partial charge on any atom is 0.251 e. The molecule has 2 amide bonds. The largest absolute Gasteiger partial charge is 0.351 e. The van der Waals surface area contributed by atoms with Crippen molar-refractivity contribution in [3.8, 4) is 0 Å². The minimum Gasteiger partial charge on any atom is -0.351 e. The van der Waals surface area contributed by atoms with Gasteiger partial charge in [0.2, 0.25) is 5.91 Å². The van der Waals surface area contributed by atoms with Crippen LogP contribution in [0.25, 0.3) is 0 Å². The molecule has 1 aliphatic carbocycles. The van der Waals surface area contributed by atoms with Crippen molar-refractivity contribution in [1.29, 1.82) is 0 Å². The van der Waals surface area contributed by atoms with Crippen LogP contribution in [0.3, 0.4) is 0 Å². The van der Waals surface area contributed by atoms with Gasteiger partial charge in [0.25, 0.3) is 5.91 Å². The fourth-order valence-corrected chi connectivity index (χ4v) is 3.40. The summed E-state index contributed by atoms with van der Waals surface area (Å²) >= 11 is 0. The average Bonchev–Trinajstić information content (AvgIpc) is 3.40. The summed E-state index contributed by atoms with van der Waals surface area (Å²) in [6, 6.07) is 7.97. The first-order chi connectivity index (χ1) is 12.3. The van der Waals surface area contributed by atoms with Gasteiger partial charge < -0.3 is 16.4 Å². The Labute approximate surface area is 155 Å². The Bertz CT molecular complexity index is 670. The summed E-state index contributed by atoms with van der Waals surface area (Å²) in [5, 5.41) is 5.94. The summed E-state index contributed by atoms with van der Waals surface area (Å²) in [6.07, 6.45) is 3.05.